The molecule has 22 heavy (non-hydrogen) atoms. The number of nitrogens with one attached hydrogen (secondary N) is 3. The molecule has 1 fully saturated rings. The number of rotatable bonds is 7. The van der Waals surface area contributed by atoms with E-state index in [1.165, 1.54) is 18.6 Å². The fraction of sp³-hybridized carbons (Fsp3) is 0.867. The maximum Gasteiger partial charge on any atom is 0.221 e. The summed E-state index contributed by atoms with van der Waals surface area (Å²) in [5, 5.41) is 9.53. The molecule has 2 atom stereocenters. The van der Waals surface area contributed by atoms with E-state index in [0.29, 0.717) is 17.7 Å². The van der Waals surface area contributed by atoms with Gasteiger partial charge in [0, 0.05) is 37.3 Å². The quantitative estimate of drug-likeness (QED) is 0.322. The fourth-order valence-corrected chi connectivity index (χ4v) is 3.46. The van der Waals surface area contributed by atoms with Crippen molar-refractivity contribution in [1.82, 2.24) is 16.0 Å². The van der Waals surface area contributed by atoms with Crippen molar-refractivity contribution < 1.29 is 4.79 Å². The molecule has 0 bridgehead atoms. The van der Waals surface area contributed by atoms with E-state index in [9.17, 15) is 4.79 Å². The Balaban J connectivity index is 0.00000441. The summed E-state index contributed by atoms with van der Waals surface area (Å²) in [5.41, 5.74) is 0. The predicted molar refractivity (Wildman–Crippen MR) is 107 cm³/mol. The van der Waals surface area contributed by atoms with Gasteiger partial charge in [-0.25, -0.2) is 0 Å². The lowest BCUT2D eigenvalue weighted by molar-refractivity contribution is -0.121. The molecule has 1 heterocycles. The van der Waals surface area contributed by atoms with Gasteiger partial charge in [0.1, 0.15) is 0 Å². The van der Waals surface area contributed by atoms with Crippen LogP contribution in [-0.4, -0.2) is 48.5 Å². The molecule has 5 nitrogen and oxygen atoms in total. The first-order valence-corrected chi connectivity index (χ1v) is 8.85. The van der Waals surface area contributed by atoms with Crippen molar-refractivity contribution in [3.8, 4) is 0 Å². The molecule has 1 rings (SSSR count). The summed E-state index contributed by atoms with van der Waals surface area (Å²) in [7, 11) is 1.76. The monoisotopic (exact) mass is 442 g/mol. The SMILES string of the molecule is CCC(C)NC(=O)CCNC(=NC)NCC1(C)CCCS1.I. The van der Waals surface area contributed by atoms with Crippen molar-refractivity contribution in [2.45, 2.75) is 57.2 Å². The average molecular weight is 442 g/mol. The third-order valence-corrected chi connectivity index (χ3v) is 5.36. The van der Waals surface area contributed by atoms with Crippen LogP contribution in [0.3, 0.4) is 0 Å². The van der Waals surface area contributed by atoms with Crippen LogP contribution in [0.5, 0.6) is 0 Å². The highest BCUT2D eigenvalue weighted by atomic mass is 127. The van der Waals surface area contributed by atoms with Gasteiger partial charge in [-0.15, -0.1) is 24.0 Å². The maximum absolute atomic E-state index is 11.7. The Labute approximate surface area is 156 Å². The summed E-state index contributed by atoms with van der Waals surface area (Å²) in [6.45, 7) is 7.90. The molecule has 0 aromatic rings. The molecule has 3 N–H and O–H groups in total. The molecule has 2 unspecified atom stereocenters. The summed E-state index contributed by atoms with van der Waals surface area (Å²) in [6.07, 6.45) is 3.97. The first-order chi connectivity index (χ1) is 9.99. The predicted octanol–water partition coefficient (Wildman–Crippen LogP) is 2.36. The molecule has 1 amide bonds. The minimum absolute atomic E-state index is 0. The number of guanidine groups is 1. The van der Waals surface area contributed by atoms with Crippen LogP contribution in [-0.2, 0) is 4.79 Å². The molecule has 0 radical (unpaired) electrons. The van der Waals surface area contributed by atoms with Gasteiger partial charge in [-0.3, -0.25) is 9.79 Å². The zero-order valence-electron chi connectivity index (χ0n) is 14.2. The summed E-state index contributed by atoms with van der Waals surface area (Å²) in [4.78, 5) is 15.9. The highest BCUT2D eigenvalue weighted by Gasteiger charge is 2.29. The van der Waals surface area contributed by atoms with Crippen molar-refractivity contribution in [3.63, 3.8) is 0 Å². The second-order valence-electron chi connectivity index (χ2n) is 5.88. The largest absolute Gasteiger partial charge is 0.356 e. The minimum Gasteiger partial charge on any atom is -0.356 e. The van der Waals surface area contributed by atoms with E-state index in [-0.39, 0.29) is 35.9 Å². The molecule has 7 heteroatoms. The molecule has 0 saturated carbocycles. The molecule has 0 aromatic carbocycles. The van der Waals surface area contributed by atoms with Gasteiger partial charge in [-0.1, -0.05) is 6.92 Å². The van der Waals surface area contributed by atoms with Crippen LogP contribution in [0.4, 0.5) is 0 Å². The van der Waals surface area contributed by atoms with Crippen LogP contribution in [0.15, 0.2) is 4.99 Å². The second kappa shape index (κ2) is 11.4. The summed E-state index contributed by atoms with van der Waals surface area (Å²) < 4.78 is 0.311. The van der Waals surface area contributed by atoms with E-state index >= 15 is 0 Å². The van der Waals surface area contributed by atoms with E-state index < -0.39 is 0 Å². The third kappa shape index (κ3) is 8.45. The number of nitrogens with zero attached hydrogens (tertiary/aromatic N) is 1. The van der Waals surface area contributed by atoms with E-state index in [1.807, 2.05) is 18.7 Å². The Bertz CT molecular complexity index is 359. The van der Waals surface area contributed by atoms with Gasteiger partial charge in [0.2, 0.25) is 5.91 Å². The molecule has 0 spiro atoms. The highest BCUT2D eigenvalue weighted by molar-refractivity contribution is 14.0. The Kier molecular flexibility index (Phi) is 11.3. The Hall–Kier alpha value is -0.180. The van der Waals surface area contributed by atoms with Crippen molar-refractivity contribution in [2.24, 2.45) is 4.99 Å². The number of thioether (sulfide) groups is 1. The van der Waals surface area contributed by atoms with Gasteiger partial charge in [-0.2, -0.15) is 11.8 Å². The maximum atomic E-state index is 11.7. The van der Waals surface area contributed by atoms with Crippen LogP contribution in [0.25, 0.3) is 0 Å². The van der Waals surface area contributed by atoms with Gasteiger partial charge >= 0.3 is 0 Å². The number of hydrogen-bond donors (Lipinski definition) is 3. The van der Waals surface area contributed by atoms with Crippen molar-refractivity contribution >= 4 is 47.6 Å². The van der Waals surface area contributed by atoms with E-state index in [2.05, 4.69) is 34.8 Å². The second-order valence-corrected chi connectivity index (χ2v) is 7.56. The zero-order chi connectivity index (χ0) is 15.7. The normalized spacial score (nSPS) is 22.6. The number of carbonyl (C=O) groups excluding carboxylic acids is 1. The number of aliphatic imine (C=N–C) groups is 1. The van der Waals surface area contributed by atoms with Crippen LogP contribution < -0.4 is 16.0 Å². The van der Waals surface area contributed by atoms with Crippen molar-refractivity contribution in [2.75, 3.05) is 25.9 Å². The molecule has 1 aliphatic heterocycles. The average Bonchev–Trinajstić information content (AvgIpc) is 2.89. The number of carbonyl (C=O) groups is 1. The third-order valence-electron chi connectivity index (χ3n) is 3.82. The molecule has 1 saturated heterocycles. The smallest absolute Gasteiger partial charge is 0.221 e. The number of amides is 1. The standard InChI is InChI=1S/C15H30N4OS.HI/c1-5-12(2)19-13(20)7-9-17-14(16-4)18-11-15(3)8-6-10-21-15;/h12H,5-11H2,1-4H3,(H,19,20)(H2,16,17,18);1H. The molecule has 0 aliphatic carbocycles. The van der Waals surface area contributed by atoms with Gasteiger partial charge in [0.25, 0.3) is 0 Å². The Morgan fingerprint density at radius 2 is 2.14 bits per heavy atom. The van der Waals surface area contributed by atoms with Crippen LogP contribution in [0.1, 0.15) is 46.5 Å². The number of hydrogen-bond acceptors (Lipinski definition) is 3. The molecule has 1 aliphatic rings. The first-order valence-electron chi connectivity index (χ1n) is 7.87. The highest BCUT2D eigenvalue weighted by Crippen LogP contribution is 2.36. The minimum atomic E-state index is 0. The van der Waals surface area contributed by atoms with E-state index in [1.54, 1.807) is 7.05 Å². The zero-order valence-corrected chi connectivity index (χ0v) is 17.3. The lowest BCUT2D eigenvalue weighted by Crippen LogP contribution is -2.44. The Morgan fingerprint density at radius 3 is 2.68 bits per heavy atom. The van der Waals surface area contributed by atoms with Crippen molar-refractivity contribution in [1.29, 1.82) is 0 Å². The van der Waals surface area contributed by atoms with E-state index in [0.717, 1.165) is 18.9 Å². The Morgan fingerprint density at radius 1 is 1.41 bits per heavy atom. The first kappa shape index (κ1) is 21.8. The molecule has 0 aromatic heterocycles. The summed E-state index contributed by atoms with van der Waals surface area (Å²) in [6, 6.07) is 0.245. The van der Waals surface area contributed by atoms with Gasteiger partial charge in [0.05, 0.1) is 0 Å². The lowest BCUT2D eigenvalue weighted by atomic mass is 10.1. The topological polar surface area (TPSA) is 65.5 Å². The number of halogens is 1. The lowest BCUT2D eigenvalue weighted by Gasteiger charge is -2.24. The van der Waals surface area contributed by atoms with Crippen molar-refractivity contribution in [3.05, 3.63) is 0 Å². The fourth-order valence-electron chi connectivity index (χ4n) is 2.21. The van der Waals surface area contributed by atoms with Crippen LogP contribution >= 0.6 is 35.7 Å². The van der Waals surface area contributed by atoms with Gasteiger partial charge < -0.3 is 16.0 Å². The van der Waals surface area contributed by atoms with E-state index in [4.69, 9.17) is 0 Å². The molecule has 130 valence electrons. The van der Waals surface area contributed by atoms with Crippen LogP contribution in [0, 0.1) is 0 Å². The van der Waals surface area contributed by atoms with Crippen LogP contribution in [0.2, 0.25) is 0 Å². The van der Waals surface area contributed by atoms with Gasteiger partial charge in [-0.05, 0) is 38.9 Å². The molecular formula is C15H31IN4OS. The molecular weight excluding hydrogens is 411 g/mol. The summed E-state index contributed by atoms with van der Waals surface area (Å²) in [5.74, 6) is 2.12. The van der Waals surface area contributed by atoms with Gasteiger partial charge in [0.15, 0.2) is 5.96 Å². The summed E-state index contributed by atoms with van der Waals surface area (Å²) >= 11 is 2.03.